The molecule has 40 heteroatoms. The van der Waals surface area contributed by atoms with Gasteiger partial charge in [0.25, 0.3) is 17.7 Å². The third-order valence-electron chi connectivity index (χ3n) is 25.3. The van der Waals surface area contributed by atoms with Gasteiger partial charge in [-0.1, -0.05) is 33.8 Å². The van der Waals surface area contributed by atoms with Crippen molar-refractivity contribution in [2.45, 2.75) is 57.4 Å². The van der Waals surface area contributed by atoms with Gasteiger partial charge in [0.1, 0.15) is 17.1 Å². The van der Waals surface area contributed by atoms with E-state index in [2.05, 4.69) is 81.4 Å². The lowest BCUT2D eigenvalue weighted by Gasteiger charge is -2.35. The predicted octanol–water partition coefficient (Wildman–Crippen LogP) is 13.2. The van der Waals surface area contributed by atoms with Gasteiger partial charge in [0.15, 0.2) is 5.82 Å². The van der Waals surface area contributed by atoms with Crippen molar-refractivity contribution in [1.29, 1.82) is 0 Å². The van der Waals surface area contributed by atoms with Crippen molar-refractivity contribution in [2.24, 2.45) is 0 Å². The number of morpholine rings is 3. The number of piperazine rings is 3. The normalized spacial score (nSPS) is 17.6. The average molecular weight is 1850 g/mol. The maximum absolute atomic E-state index is 15.6. The number of hydrogen-bond acceptors (Lipinski definition) is 24. The molecule has 0 radical (unpaired) electrons. The van der Waals surface area contributed by atoms with Crippen molar-refractivity contribution in [3.05, 3.63) is 232 Å². The second-order valence-corrected chi connectivity index (χ2v) is 34.5. The number of alkyl halides is 9. The van der Waals surface area contributed by atoms with Gasteiger partial charge in [-0.3, -0.25) is 29.3 Å². The van der Waals surface area contributed by atoms with Gasteiger partial charge in [0.05, 0.1) is 132 Å². The van der Waals surface area contributed by atoms with E-state index in [4.69, 9.17) is 19.2 Å². The van der Waals surface area contributed by atoms with Crippen LogP contribution >= 0.6 is 0 Å². The first-order valence-corrected chi connectivity index (χ1v) is 44.0. The van der Waals surface area contributed by atoms with Crippen molar-refractivity contribution in [2.75, 3.05) is 211 Å². The van der Waals surface area contributed by atoms with E-state index in [1.54, 1.807) is 114 Å². The number of nitrogens with zero attached hydrogens (tertiary/aromatic N) is 21. The summed E-state index contributed by atoms with van der Waals surface area (Å²) in [5.41, 5.74) is 6.03. The minimum absolute atomic E-state index is 0.0144. The molecule has 2 unspecified atom stereocenters. The molecule has 18 rings (SSSR count). The van der Waals surface area contributed by atoms with Crippen molar-refractivity contribution in [3.63, 3.8) is 0 Å². The lowest BCUT2D eigenvalue weighted by Crippen LogP contribution is -2.45. The molecule has 30 nitrogen and oxygen atoms in total. The molecule has 6 fully saturated rings. The van der Waals surface area contributed by atoms with Crippen LogP contribution in [-0.2, 0) is 45.6 Å². The van der Waals surface area contributed by atoms with Crippen LogP contribution in [0.25, 0.3) is 50.8 Å². The summed E-state index contributed by atoms with van der Waals surface area (Å²) in [6, 6.07) is 28.6. The fraction of sp³-hybridized carbons (Fsp3) is 0.362. The van der Waals surface area contributed by atoms with Crippen LogP contribution in [0.5, 0.6) is 0 Å². The Balaban J connectivity index is 0.601. The topological polar surface area (TPSA) is 275 Å². The summed E-state index contributed by atoms with van der Waals surface area (Å²) in [5.74, 6) is -3.85. The molecule has 0 bridgehead atoms. The highest BCUT2D eigenvalue weighted by Gasteiger charge is 2.40. The van der Waals surface area contributed by atoms with Crippen molar-refractivity contribution in [1.82, 2.24) is 74.6 Å². The SMILES string of the molecule is Cc1ccc(NC(=O)c2cc(N3CCN(C)CC3)c(F)c(C(F)(F)F)c2)cc1-n1cc(-c2cncc(N3CCOC(Cc4ccc(NC(=O)c5cc(N6CCN(C)CC6)c(C)c(C(F)(F)F)c5)cc4-n4cc(-c5cncc(N6CCOC(Cc7ccc(NC(=O)c8cc(N9CCN(C)CC9)cc(C(F)(F)F)c8)cc7-n7cc(-c8cncc(N9CCOCC9)c8)nn7)C6)c5)nn4)C3)c2)nn1. The average Bonchev–Trinajstić information content (AvgIpc) is 0.935. The largest absolute Gasteiger partial charge is 0.419 e. The highest BCUT2D eigenvalue weighted by molar-refractivity contribution is 6.07. The van der Waals surface area contributed by atoms with Crippen LogP contribution in [0.2, 0.25) is 0 Å². The number of likely N-dealkylation sites (N-methyl/N-ethyl adjacent to an activating group) is 3. The number of rotatable bonds is 22. The van der Waals surface area contributed by atoms with Gasteiger partial charge in [0, 0.05) is 211 Å². The Labute approximate surface area is 764 Å². The third kappa shape index (κ3) is 20.5. The van der Waals surface area contributed by atoms with E-state index >= 15 is 4.39 Å². The molecule has 6 saturated heterocycles. The molecule has 6 aliphatic heterocycles. The zero-order valence-corrected chi connectivity index (χ0v) is 73.9. The summed E-state index contributed by atoms with van der Waals surface area (Å²) in [4.78, 5) is 74.4. The van der Waals surface area contributed by atoms with Crippen LogP contribution in [0.15, 0.2) is 171 Å². The Hall–Kier alpha value is -13.5. The van der Waals surface area contributed by atoms with E-state index in [9.17, 15) is 53.9 Å². The second-order valence-electron chi connectivity index (χ2n) is 34.5. The maximum atomic E-state index is 15.6. The number of amides is 3. The molecule has 0 saturated carbocycles. The van der Waals surface area contributed by atoms with Crippen LogP contribution in [0.1, 0.15) is 70.0 Å². The molecule has 2 atom stereocenters. The number of anilines is 9. The summed E-state index contributed by atoms with van der Waals surface area (Å²) < 4.78 is 171. The van der Waals surface area contributed by atoms with Gasteiger partial charge in [-0.25, -0.2) is 18.4 Å². The number of ether oxygens (including phenoxy) is 3. The summed E-state index contributed by atoms with van der Waals surface area (Å²) in [6.07, 6.45) is 0.415. The second kappa shape index (κ2) is 38.2. The van der Waals surface area contributed by atoms with E-state index in [1.165, 1.54) is 28.6 Å². The van der Waals surface area contributed by atoms with Crippen LogP contribution in [0.3, 0.4) is 0 Å². The van der Waals surface area contributed by atoms with Gasteiger partial charge < -0.3 is 74.3 Å². The first kappa shape index (κ1) is 91.0. The Morgan fingerprint density at radius 2 is 0.769 bits per heavy atom. The molecular formula is C94H96F10N24O6. The number of hydrogen-bond donors (Lipinski definition) is 3. The maximum Gasteiger partial charge on any atom is 0.419 e. The number of nitrogens with one attached hydrogen (secondary N) is 3. The monoisotopic (exact) mass is 1850 g/mol. The van der Waals surface area contributed by atoms with Gasteiger partial charge in [-0.2, -0.15) is 39.5 Å². The number of carbonyl (C=O) groups excluding carboxylic acids is 3. The van der Waals surface area contributed by atoms with Crippen LogP contribution in [0.4, 0.5) is 95.1 Å². The van der Waals surface area contributed by atoms with Crippen molar-refractivity contribution < 1.29 is 72.5 Å². The highest BCUT2D eigenvalue weighted by Crippen LogP contribution is 2.42. The minimum atomic E-state index is -5.08. The molecule has 134 heavy (non-hydrogen) atoms. The van der Waals surface area contributed by atoms with E-state index in [1.807, 2.05) is 67.0 Å². The highest BCUT2D eigenvalue weighted by atomic mass is 19.4. The lowest BCUT2D eigenvalue weighted by molar-refractivity contribution is -0.140. The molecule has 698 valence electrons. The zero-order chi connectivity index (χ0) is 93.4. The number of halogens is 10. The number of aromatic nitrogens is 12. The molecule has 6 aliphatic rings. The summed E-state index contributed by atoms with van der Waals surface area (Å²) in [7, 11) is 5.74. The van der Waals surface area contributed by atoms with E-state index < -0.39 is 71.0 Å². The fourth-order valence-corrected chi connectivity index (χ4v) is 17.7. The van der Waals surface area contributed by atoms with Crippen molar-refractivity contribution in [3.8, 4) is 50.8 Å². The molecule has 3 amide bonds. The fourth-order valence-electron chi connectivity index (χ4n) is 17.7. The van der Waals surface area contributed by atoms with Gasteiger partial charge >= 0.3 is 18.5 Å². The number of benzene rings is 6. The van der Waals surface area contributed by atoms with Gasteiger partial charge in [-0.15, -0.1) is 15.3 Å². The summed E-state index contributed by atoms with van der Waals surface area (Å²) in [6.45, 7) is 13.8. The molecule has 12 heterocycles. The van der Waals surface area contributed by atoms with Crippen molar-refractivity contribution >= 4 is 68.9 Å². The van der Waals surface area contributed by atoms with Gasteiger partial charge in [-0.05, 0) is 154 Å². The van der Waals surface area contributed by atoms with E-state index in [-0.39, 0.29) is 71.1 Å². The number of aryl methyl sites for hydroxylation is 1. The molecule has 3 N–H and O–H groups in total. The molecule has 0 aliphatic carbocycles. The molecule has 0 spiro atoms. The van der Waals surface area contributed by atoms with Crippen LogP contribution in [0, 0.1) is 19.7 Å². The quantitative estimate of drug-likeness (QED) is 0.0532. The Morgan fingerprint density at radius 3 is 1.22 bits per heavy atom. The smallest absolute Gasteiger partial charge is 0.378 e. The summed E-state index contributed by atoms with van der Waals surface area (Å²) in [5, 5.41) is 36.0. The minimum Gasteiger partial charge on any atom is -0.378 e. The molecule has 6 aromatic carbocycles. The zero-order valence-electron chi connectivity index (χ0n) is 73.9. The molecule has 12 aromatic rings. The van der Waals surface area contributed by atoms with Crippen LogP contribution in [-0.4, -0.2) is 270 Å². The number of carbonyl (C=O) groups is 3. The van der Waals surface area contributed by atoms with E-state index in [0.29, 0.717) is 210 Å². The summed E-state index contributed by atoms with van der Waals surface area (Å²) >= 11 is 0. The molecule has 6 aromatic heterocycles. The van der Waals surface area contributed by atoms with E-state index in [0.717, 1.165) is 46.9 Å². The first-order chi connectivity index (χ1) is 64.4. The molecular weight excluding hydrogens is 1750 g/mol. The van der Waals surface area contributed by atoms with Crippen LogP contribution < -0.4 is 45.3 Å². The number of pyridine rings is 3. The predicted molar refractivity (Wildman–Crippen MR) is 485 cm³/mol. The lowest BCUT2D eigenvalue weighted by atomic mass is 10.00. The Kier molecular flexibility index (Phi) is 25.9. The third-order valence-corrected chi connectivity index (χ3v) is 25.3. The Morgan fingerprint density at radius 1 is 0.381 bits per heavy atom. The Bertz CT molecular complexity index is 6340. The van der Waals surface area contributed by atoms with Gasteiger partial charge in [0.2, 0.25) is 0 Å². The standard InChI is InChI=1S/C94H96F10N24O6/c1-58-6-9-69(108-91(131)64-40-79(94(102,103)104)88(95)87(42-64)123-22-16-119(5)17-23-123)44-83(58)126-55-80(111-114-126)66-35-74(51-106-48-66)124-26-30-133-77(53-124)38-61-8-11-71(110-90(130)63-39-78(93(99,100)101)59(2)84(41-63)122-20-14-118(4)15-21-122)46-86(61)128-57-82(113-116-128)67-36-75(52-107-49-67)125-27-31-134-76(54-125)37-60-7-10-70(109-89(129)62-32-68(92(96,97)98)43-72(33-62)120-18-12-117(3)13-19-120)45-85(60)127-56-81(112-115-127)65-34-73(50-105-47-65)121-24-28-132-29-25-121/h6-11,32-36,39-52,55-57,76-77H,12-31,37-38,53-54H2,1-5H3,(H,108,131)(H,109,129)(H,110,130). The first-order valence-electron chi connectivity index (χ1n) is 44.0.